The summed E-state index contributed by atoms with van der Waals surface area (Å²) in [6.45, 7) is 3.41. The second kappa shape index (κ2) is 20.6. The normalized spacial score (nSPS) is 24.2. The molecule has 1 aromatic carbocycles. The topological polar surface area (TPSA) is 124 Å². The number of ether oxygens (including phenoxy) is 2. The molecular weight excluding hydrogens is 601 g/mol. The number of benzene rings is 1. The standard InChI is InChI=1S/C21H26N2O3.C9H18FNO.C7H14O2/c1-23-10-9-18(14-5-3-2-4-6-14)20(23)21(25)22-16-7-8-19-15(11-16)12-17(13-24)26-19;1-2-8(7-12)4-3-5-9(11)6-10;1-8-5-6-3-7(4-6)9-2/h7-8,11-14,18,20H,2-6,9-10H2,1H3,(H,22,25);7-9H,2-6,11H2,1H3;6-7H,3-5H2,1-2H3. The number of hydrogen-bond acceptors (Lipinski definition) is 8. The van der Waals surface area contributed by atoms with Crippen molar-refractivity contribution in [2.75, 3.05) is 46.4 Å². The number of amides is 1. The number of nitrogens with one attached hydrogen (secondary N) is 1. The average molecular weight is 660 g/mol. The maximum absolute atomic E-state index is 13.0. The van der Waals surface area contributed by atoms with Crippen LogP contribution >= 0.6 is 0 Å². The van der Waals surface area contributed by atoms with Crippen LogP contribution in [0.2, 0.25) is 0 Å². The zero-order valence-electron chi connectivity index (χ0n) is 29.0. The van der Waals surface area contributed by atoms with Crippen LogP contribution in [0.4, 0.5) is 10.1 Å². The van der Waals surface area contributed by atoms with Crippen molar-refractivity contribution in [2.24, 2.45) is 29.4 Å². The Morgan fingerprint density at radius 2 is 1.87 bits per heavy atom. The van der Waals surface area contributed by atoms with Gasteiger partial charge in [-0.25, -0.2) is 4.39 Å². The number of hydrogen-bond donors (Lipinski definition) is 2. The van der Waals surface area contributed by atoms with Gasteiger partial charge in [0, 0.05) is 43.9 Å². The van der Waals surface area contributed by atoms with Crippen molar-refractivity contribution in [3.05, 3.63) is 30.0 Å². The van der Waals surface area contributed by atoms with Gasteiger partial charge >= 0.3 is 0 Å². The first-order valence-corrected chi connectivity index (χ1v) is 17.5. The van der Waals surface area contributed by atoms with E-state index in [9.17, 15) is 18.8 Å². The molecule has 0 radical (unpaired) electrons. The van der Waals surface area contributed by atoms with Gasteiger partial charge in [0.1, 0.15) is 18.5 Å². The van der Waals surface area contributed by atoms with Crippen molar-refractivity contribution < 1.29 is 32.7 Å². The second-order valence-corrected chi connectivity index (χ2v) is 13.6. The fraction of sp³-hybridized carbons (Fsp3) is 0.703. The molecule has 0 spiro atoms. The summed E-state index contributed by atoms with van der Waals surface area (Å²) in [6, 6.07) is 6.81. The highest BCUT2D eigenvalue weighted by atomic mass is 19.1. The summed E-state index contributed by atoms with van der Waals surface area (Å²) in [6.07, 6.45) is 15.4. The lowest BCUT2D eigenvalue weighted by molar-refractivity contribution is -0.121. The van der Waals surface area contributed by atoms with Gasteiger partial charge in [-0.15, -0.1) is 0 Å². The summed E-state index contributed by atoms with van der Waals surface area (Å²) in [5.74, 6) is 2.42. The second-order valence-electron chi connectivity index (χ2n) is 13.6. The van der Waals surface area contributed by atoms with Crippen LogP contribution in [0.15, 0.2) is 28.7 Å². The Morgan fingerprint density at radius 3 is 2.49 bits per heavy atom. The van der Waals surface area contributed by atoms with Crippen LogP contribution in [-0.2, 0) is 19.1 Å². The molecule has 4 unspecified atom stereocenters. The molecule has 47 heavy (non-hydrogen) atoms. The van der Waals surface area contributed by atoms with E-state index < -0.39 is 6.67 Å². The zero-order valence-corrected chi connectivity index (χ0v) is 29.0. The summed E-state index contributed by atoms with van der Waals surface area (Å²) in [5.41, 5.74) is 6.79. The SMILES string of the molecule is CCC(C=O)CCCC(N)CF.CN1CCC(C2CCCCC2)C1C(=O)Nc1ccc2oc(C=O)cc2c1.COCC1CC(OC)C1. The molecule has 2 saturated carbocycles. The number of nitrogens with zero attached hydrogens (tertiary/aromatic N) is 1. The molecule has 1 aromatic heterocycles. The Labute approximate surface area is 280 Å². The number of carbonyl (C=O) groups is 3. The molecule has 10 heteroatoms. The molecular formula is C37H58FN3O6. The quantitative estimate of drug-likeness (QED) is 0.212. The van der Waals surface area contributed by atoms with Gasteiger partial charge in [-0.2, -0.15) is 0 Å². The molecule has 1 amide bonds. The highest BCUT2D eigenvalue weighted by Crippen LogP contribution is 2.39. The number of fused-ring (bicyclic) bond motifs is 1. The lowest BCUT2D eigenvalue weighted by Crippen LogP contribution is -2.43. The lowest BCUT2D eigenvalue weighted by Gasteiger charge is -2.33. The Kier molecular flexibility index (Phi) is 17.0. The molecule has 1 aliphatic heterocycles. The molecule has 5 rings (SSSR count). The number of methoxy groups -OCH3 is 2. The first-order valence-electron chi connectivity index (χ1n) is 17.5. The van der Waals surface area contributed by atoms with Crippen molar-refractivity contribution in [2.45, 2.75) is 102 Å². The molecule has 3 aliphatic rings. The van der Waals surface area contributed by atoms with Gasteiger partial charge in [0.25, 0.3) is 0 Å². The maximum atomic E-state index is 13.0. The molecule has 2 aliphatic carbocycles. The van der Waals surface area contributed by atoms with Gasteiger partial charge < -0.3 is 29.7 Å². The van der Waals surface area contributed by atoms with E-state index >= 15 is 0 Å². The number of aldehydes is 2. The molecule has 0 bridgehead atoms. The number of carbonyl (C=O) groups excluding carboxylic acids is 3. The maximum Gasteiger partial charge on any atom is 0.242 e. The smallest absolute Gasteiger partial charge is 0.242 e. The summed E-state index contributed by atoms with van der Waals surface area (Å²) < 4.78 is 27.4. The molecule has 2 heterocycles. The van der Waals surface area contributed by atoms with Gasteiger partial charge in [0.05, 0.1) is 12.1 Å². The van der Waals surface area contributed by atoms with E-state index in [1.807, 2.05) is 19.1 Å². The molecule has 2 aromatic rings. The minimum absolute atomic E-state index is 0.0521. The van der Waals surface area contributed by atoms with Crippen molar-refractivity contribution >= 4 is 35.1 Å². The number of rotatable bonds is 14. The van der Waals surface area contributed by atoms with Crippen molar-refractivity contribution in [3.8, 4) is 0 Å². The van der Waals surface area contributed by atoms with E-state index in [2.05, 4.69) is 17.3 Å². The van der Waals surface area contributed by atoms with Gasteiger partial charge in [0.15, 0.2) is 12.0 Å². The minimum atomic E-state index is -0.460. The molecule has 3 N–H and O–H groups in total. The number of nitrogens with two attached hydrogens (primary N) is 1. The predicted molar refractivity (Wildman–Crippen MR) is 184 cm³/mol. The third kappa shape index (κ3) is 12.1. The van der Waals surface area contributed by atoms with Crippen LogP contribution in [-0.4, -0.2) is 82.7 Å². The fourth-order valence-corrected chi connectivity index (χ4v) is 7.17. The average Bonchev–Trinajstić information content (AvgIpc) is 3.68. The summed E-state index contributed by atoms with van der Waals surface area (Å²) in [4.78, 5) is 36.5. The third-order valence-corrected chi connectivity index (χ3v) is 10.1. The third-order valence-electron chi connectivity index (χ3n) is 10.1. The zero-order chi connectivity index (χ0) is 34.2. The van der Waals surface area contributed by atoms with Gasteiger partial charge in [0.2, 0.25) is 5.91 Å². The van der Waals surface area contributed by atoms with E-state index in [4.69, 9.17) is 19.6 Å². The van der Waals surface area contributed by atoms with Crippen LogP contribution in [0.1, 0.15) is 94.5 Å². The molecule has 4 atom stereocenters. The van der Waals surface area contributed by atoms with Gasteiger partial charge in [-0.3, -0.25) is 14.5 Å². The Bertz CT molecular complexity index is 1210. The minimum Gasteiger partial charge on any atom is -0.453 e. The number of furan rings is 1. The number of likely N-dealkylation sites (N-methyl/N-ethyl adjacent to an activating group) is 1. The summed E-state index contributed by atoms with van der Waals surface area (Å²) >= 11 is 0. The highest BCUT2D eigenvalue weighted by molar-refractivity contribution is 5.97. The van der Waals surface area contributed by atoms with Crippen LogP contribution in [0, 0.1) is 23.7 Å². The number of alkyl halides is 1. The van der Waals surface area contributed by atoms with Crippen LogP contribution in [0.3, 0.4) is 0 Å². The molecule has 3 fully saturated rings. The Hall–Kier alpha value is -2.66. The summed E-state index contributed by atoms with van der Waals surface area (Å²) in [5, 5.41) is 3.92. The first kappa shape index (κ1) is 38.8. The van der Waals surface area contributed by atoms with E-state index in [-0.39, 0.29) is 23.9 Å². The predicted octanol–water partition coefficient (Wildman–Crippen LogP) is 6.82. The molecule has 264 valence electrons. The van der Waals surface area contributed by atoms with E-state index in [0.717, 1.165) is 62.1 Å². The molecule has 9 nitrogen and oxygen atoms in total. The Morgan fingerprint density at radius 1 is 1.13 bits per heavy atom. The van der Waals surface area contributed by atoms with Crippen LogP contribution in [0.25, 0.3) is 11.0 Å². The highest BCUT2D eigenvalue weighted by Gasteiger charge is 2.41. The summed E-state index contributed by atoms with van der Waals surface area (Å²) in [7, 11) is 5.58. The van der Waals surface area contributed by atoms with Crippen molar-refractivity contribution in [3.63, 3.8) is 0 Å². The first-order chi connectivity index (χ1) is 22.8. The van der Waals surface area contributed by atoms with E-state index in [1.165, 1.54) is 44.9 Å². The fourth-order valence-electron chi connectivity index (χ4n) is 7.17. The van der Waals surface area contributed by atoms with E-state index in [1.54, 1.807) is 26.4 Å². The van der Waals surface area contributed by atoms with Crippen LogP contribution < -0.4 is 11.1 Å². The van der Waals surface area contributed by atoms with Gasteiger partial charge in [-0.05, 0) is 94.1 Å². The molecule has 1 saturated heterocycles. The Balaban J connectivity index is 0.000000237. The van der Waals surface area contributed by atoms with Crippen molar-refractivity contribution in [1.29, 1.82) is 0 Å². The number of anilines is 1. The van der Waals surface area contributed by atoms with Gasteiger partial charge in [-0.1, -0.05) is 45.4 Å². The largest absolute Gasteiger partial charge is 0.453 e. The monoisotopic (exact) mass is 659 g/mol. The van der Waals surface area contributed by atoms with Crippen molar-refractivity contribution in [1.82, 2.24) is 4.90 Å². The lowest BCUT2D eigenvalue weighted by atomic mass is 9.76. The van der Waals surface area contributed by atoms with E-state index in [0.29, 0.717) is 42.0 Å². The van der Waals surface area contributed by atoms with Crippen LogP contribution in [0.5, 0.6) is 0 Å². The number of halogens is 1. The number of likely N-dealkylation sites (tertiary alicyclic amines) is 1.